The summed E-state index contributed by atoms with van der Waals surface area (Å²) in [4.78, 5) is 2.38. The van der Waals surface area contributed by atoms with Crippen LogP contribution in [0.2, 0.25) is 0 Å². The molecule has 0 atom stereocenters. The summed E-state index contributed by atoms with van der Waals surface area (Å²) in [6, 6.07) is 67.8. The molecule has 8 aromatic carbocycles. The second kappa shape index (κ2) is 12.3. The molecule has 0 amide bonds. The average Bonchev–Trinajstić information content (AvgIpc) is 3.71. The van der Waals surface area contributed by atoms with Gasteiger partial charge in [0.15, 0.2) is 0 Å². The molecule has 1 aliphatic carbocycles. The summed E-state index contributed by atoms with van der Waals surface area (Å²) in [5.41, 5.74) is 17.6. The fraction of sp³-hybridized carbons (Fsp3) is 0.0588. The molecular weight excluding hydrogens is 643 g/mol. The van der Waals surface area contributed by atoms with E-state index in [0.717, 1.165) is 50.1 Å². The van der Waals surface area contributed by atoms with Crippen molar-refractivity contribution in [1.29, 1.82) is 0 Å². The molecular formula is C51H37NO. The number of hydrogen-bond acceptors (Lipinski definition) is 2. The van der Waals surface area contributed by atoms with Gasteiger partial charge in [-0.15, -0.1) is 0 Å². The van der Waals surface area contributed by atoms with Gasteiger partial charge >= 0.3 is 0 Å². The van der Waals surface area contributed by atoms with E-state index in [2.05, 4.69) is 195 Å². The highest BCUT2D eigenvalue weighted by molar-refractivity contribution is 6.09. The van der Waals surface area contributed by atoms with Crippen LogP contribution in [0.25, 0.3) is 66.4 Å². The molecule has 0 N–H and O–H groups in total. The molecule has 10 rings (SSSR count). The number of hydrogen-bond donors (Lipinski definition) is 0. The minimum absolute atomic E-state index is 0.0866. The van der Waals surface area contributed by atoms with Crippen LogP contribution in [-0.4, -0.2) is 0 Å². The number of nitrogens with zero attached hydrogens (tertiary/aromatic N) is 1. The van der Waals surface area contributed by atoms with Crippen molar-refractivity contribution in [2.45, 2.75) is 19.3 Å². The third-order valence-corrected chi connectivity index (χ3v) is 11.1. The predicted octanol–water partition coefficient (Wildman–Crippen LogP) is 14.4. The lowest BCUT2D eigenvalue weighted by Crippen LogP contribution is -2.16. The fourth-order valence-corrected chi connectivity index (χ4v) is 8.33. The van der Waals surface area contributed by atoms with Gasteiger partial charge in [0.25, 0.3) is 0 Å². The molecule has 1 aliphatic rings. The van der Waals surface area contributed by atoms with E-state index in [-0.39, 0.29) is 5.41 Å². The highest BCUT2D eigenvalue weighted by Gasteiger charge is 2.35. The number of fused-ring (bicyclic) bond motifs is 6. The van der Waals surface area contributed by atoms with Gasteiger partial charge in [0, 0.05) is 38.8 Å². The second-order valence-electron chi connectivity index (χ2n) is 14.6. The highest BCUT2D eigenvalue weighted by Crippen LogP contribution is 2.50. The topological polar surface area (TPSA) is 16.4 Å². The van der Waals surface area contributed by atoms with Gasteiger partial charge in [-0.3, -0.25) is 0 Å². The van der Waals surface area contributed by atoms with Gasteiger partial charge in [-0.25, -0.2) is 0 Å². The first kappa shape index (κ1) is 31.1. The zero-order chi connectivity index (χ0) is 35.5. The molecule has 0 aliphatic heterocycles. The van der Waals surface area contributed by atoms with Crippen LogP contribution in [0.15, 0.2) is 192 Å². The quantitative estimate of drug-likeness (QED) is 0.174. The van der Waals surface area contributed by atoms with Crippen molar-refractivity contribution in [2.24, 2.45) is 0 Å². The van der Waals surface area contributed by atoms with Crippen molar-refractivity contribution in [3.8, 4) is 44.5 Å². The molecule has 1 heterocycles. The second-order valence-corrected chi connectivity index (χ2v) is 14.6. The number of rotatable bonds is 6. The molecule has 1 aromatic heterocycles. The molecule has 9 aromatic rings. The van der Waals surface area contributed by atoms with Crippen LogP contribution in [0.3, 0.4) is 0 Å². The van der Waals surface area contributed by atoms with Crippen molar-refractivity contribution in [3.05, 3.63) is 199 Å². The fourth-order valence-electron chi connectivity index (χ4n) is 8.33. The third-order valence-electron chi connectivity index (χ3n) is 11.1. The van der Waals surface area contributed by atoms with Crippen LogP contribution in [0.1, 0.15) is 25.0 Å². The van der Waals surface area contributed by atoms with Gasteiger partial charge in [0.05, 0.1) is 0 Å². The predicted molar refractivity (Wildman–Crippen MR) is 222 cm³/mol. The normalized spacial score (nSPS) is 12.9. The van der Waals surface area contributed by atoms with Crippen LogP contribution >= 0.6 is 0 Å². The lowest BCUT2D eigenvalue weighted by Gasteiger charge is -2.28. The molecule has 0 bridgehead atoms. The van der Waals surface area contributed by atoms with E-state index in [4.69, 9.17) is 4.42 Å². The van der Waals surface area contributed by atoms with Crippen molar-refractivity contribution in [2.75, 3.05) is 4.90 Å². The first-order valence-corrected chi connectivity index (χ1v) is 18.3. The standard InChI is InChI=1S/C51H37NO/c1-51(2)47-17-8-6-13-43(47)44-32-31-41(33-48(44)51)52(39-27-23-36(24-28-39)34-11-4-3-5-12-34)40-29-25-37(26-30-40)35-19-21-38(22-20-35)42-15-10-16-46-45-14-7-9-18-49(45)53-50(42)46/h3-33H,1-2H3. The summed E-state index contributed by atoms with van der Waals surface area (Å²) in [5.74, 6) is 0. The summed E-state index contributed by atoms with van der Waals surface area (Å²) in [6.07, 6.45) is 0. The summed E-state index contributed by atoms with van der Waals surface area (Å²) in [7, 11) is 0. The van der Waals surface area contributed by atoms with Crippen molar-refractivity contribution < 1.29 is 4.42 Å². The lowest BCUT2D eigenvalue weighted by molar-refractivity contribution is 0.660. The van der Waals surface area contributed by atoms with E-state index in [1.807, 2.05) is 12.1 Å². The number of benzene rings is 8. The van der Waals surface area contributed by atoms with Crippen LogP contribution in [-0.2, 0) is 5.41 Å². The SMILES string of the molecule is CC1(C)c2ccccc2-c2ccc(N(c3ccc(-c4ccccc4)cc3)c3ccc(-c4ccc(-c5cccc6c5oc5ccccc56)cc4)cc3)cc21. The molecule has 0 saturated carbocycles. The molecule has 2 nitrogen and oxygen atoms in total. The van der Waals surface area contributed by atoms with Crippen LogP contribution in [0.5, 0.6) is 0 Å². The Balaban J connectivity index is 1.01. The molecule has 0 unspecified atom stereocenters. The zero-order valence-corrected chi connectivity index (χ0v) is 29.8. The van der Waals surface area contributed by atoms with Crippen LogP contribution in [0, 0.1) is 0 Å². The van der Waals surface area contributed by atoms with Crippen molar-refractivity contribution >= 4 is 39.0 Å². The van der Waals surface area contributed by atoms with Crippen LogP contribution in [0.4, 0.5) is 17.1 Å². The highest BCUT2D eigenvalue weighted by atomic mass is 16.3. The molecule has 252 valence electrons. The maximum absolute atomic E-state index is 6.34. The Hall–Kier alpha value is -6.64. The molecule has 2 heteroatoms. The maximum atomic E-state index is 6.34. The van der Waals surface area contributed by atoms with E-state index in [9.17, 15) is 0 Å². The largest absolute Gasteiger partial charge is 0.455 e. The Labute approximate surface area is 310 Å². The Kier molecular flexibility index (Phi) is 7.19. The number of furan rings is 1. The molecule has 0 saturated heterocycles. The summed E-state index contributed by atoms with van der Waals surface area (Å²) in [5, 5.41) is 2.30. The first-order valence-electron chi connectivity index (χ1n) is 18.3. The van der Waals surface area contributed by atoms with Crippen molar-refractivity contribution in [1.82, 2.24) is 0 Å². The van der Waals surface area contributed by atoms with Gasteiger partial charge < -0.3 is 9.32 Å². The third kappa shape index (κ3) is 5.18. The Morgan fingerprint density at radius 3 is 1.60 bits per heavy atom. The minimum atomic E-state index is -0.0866. The van der Waals surface area contributed by atoms with E-state index in [0.29, 0.717) is 0 Å². The zero-order valence-electron chi connectivity index (χ0n) is 29.8. The van der Waals surface area contributed by atoms with Gasteiger partial charge in [-0.1, -0.05) is 159 Å². The first-order chi connectivity index (χ1) is 26.0. The van der Waals surface area contributed by atoms with Crippen LogP contribution < -0.4 is 4.90 Å². The summed E-state index contributed by atoms with van der Waals surface area (Å²) < 4.78 is 6.34. The van der Waals surface area contributed by atoms with E-state index < -0.39 is 0 Å². The molecule has 0 spiro atoms. The Morgan fingerprint density at radius 1 is 0.377 bits per heavy atom. The van der Waals surface area contributed by atoms with Gasteiger partial charge in [-0.05, 0) is 92.5 Å². The summed E-state index contributed by atoms with van der Waals surface area (Å²) >= 11 is 0. The average molecular weight is 680 g/mol. The summed E-state index contributed by atoms with van der Waals surface area (Å²) in [6.45, 7) is 4.69. The van der Waals surface area contributed by atoms with E-state index in [1.54, 1.807) is 0 Å². The maximum Gasteiger partial charge on any atom is 0.143 e. The van der Waals surface area contributed by atoms with Gasteiger partial charge in [0.1, 0.15) is 11.2 Å². The van der Waals surface area contributed by atoms with Crippen molar-refractivity contribution in [3.63, 3.8) is 0 Å². The molecule has 0 fully saturated rings. The number of anilines is 3. The van der Waals surface area contributed by atoms with Gasteiger partial charge in [0.2, 0.25) is 0 Å². The molecule has 53 heavy (non-hydrogen) atoms. The smallest absolute Gasteiger partial charge is 0.143 e. The van der Waals surface area contributed by atoms with E-state index in [1.165, 1.54) is 44.5 Å². The Morgan fingerprint density at radius 2 is 0.887 bits per heavy atom. The number of para-hydroxylation sites is 2. The monoisotopic (exact) mass is 679 g/mol. The lowest BCUT2D eigenvalue weighted by atomic mass is 9.82. The van der Waals surface area contributed by atoms with Gasteiger partial charge in [-0.2, -0.15) is 0 Å². The Bertz CT molecular complexity index is 2770. The molecule has 0 radical (unpaired) electrons. The minimum Gasteiger partial charge on any atom is -0.455 e. The van der Waals surface area contributed by atoms with E-state index >= 15 is 0 Å².